The van der Waals surface area contributed by atoms with Crippen molar-refractivity contribution >= 4 is 23.6 Å². The number of ether oxygens (including phenoxy) is 2. The zero-order chi connectivity index (χ0) is 23.2. The van der Waals surface area contributed by atoms with Crippen LogP contribution in [0.2, 0.25) is 0 Å². The summed E-state index contributed by atoms with van der Waals surface area (Å²) in [7, 11) is 1.54. The maximum absolute atomic E-state index is 12.6. The van der Waals surface area contributed by atoms with Gasteiger partial charge in [0.15, 0.2) is 11.5 Å². The van der Waals surface area contributed by atoms with E-state index in [4.69, 9.17) is 14.6 Å². The lowest BCUT2D eigenvalue weighted by molar-refractivity contribution is -0.136. The maximum atomic E-state index is 12.6. The number of benzene rings is 2. The third-order valence-electron chi connectivity index (χ3n) is 4.19. The molecule has 31 heavy (non-hydrogen) atoms. The number of aliphatic carboxylic acids is 1. The van der Waals surface area contributed by atoms with E-state index < -0.39 is 5.97 Å². The summed E-state index contributed by atoms with van der Waals surface area (Å²) >= 11 is 1.74. The minimum absolute atomic E-state index is 0.109. The molecule has 0 radical (unpaired) electrons. The molecule has 0 atom stereocenters. The van der Waals surface area contributed by atoms with E-state index in [1.54, 1.807) is 42.1 Å². The Balaban J connectivity index is 2.40. The predicted molar refractivity (Wildman–Crippen MR) is 125 cm³/mol. The summed E-state index contributed by atoms with van der Waals surface area (Å²) in [5.74, 6) is 1.15. The maximum Gasteiger partial charge on any atom is 0.307 e. The number of rotatable bonds is 9. The number of carboxylic acids is 1. The standard InChI is InChI=1S/C24H31NO5S/c1-15(2)31-14-18-13-17(23(28)25-24(3,4)5)8-10-19(18)30-21-11-16(12-22(26)27)7-9-20(21)29-6/h7-11,13,15H,12,14H2,1-6H3,(H,25,28)(H,26,27). The summed E-state index contributed by atoms with van der Waals surface area (Å²) in [6, 6.07) is 10.4. The highest BCUT2D eigenvalue weighted by Crippen LogP contribution is 2.36. The third kappa shape index (κ3) is 7.83. The van der Waals surface area contributed by atoms with Crippen LogP contribution in [0.3, 0.4) is 0 Å². The average Bonchev–Trinajstić information content (AvgIpc) is 2.65. The SMILES string of the molecule is COc1ccc(CC(=O)O)cc1Oc1ccc(C(=O)NC(C)(C)C)cc1CSC(C)C. The average molecular weight is 446 g/mol. The molecule has 0 unspecified atom stereocenters. The lowest BCUT2D eigenvalue weighted by Crippen LogP contribution is -2.40. The van der Waals surface area contributed by atoms with Crippen molar-refractivity contribution < 1.29 is 24.2 Å². The lowest BCUT2D eigenvalue weighted by Gasteiger charge is -2.21. The van der Waals surface area contributed by atoms with Gasteiger partial charge in [0, 0.05) is 22.4 Å². The summed E-state index contributed by atoms with van der Waals surface area (Å²) in [4.78, 5) is 23.7. The number of carboxylic acid groups (broad SMARTS) is 1. The molecule has 2 rings (SSSR count). The normalized spacial score (nSPS) is 11.3. The van der Waals surface area contributed by atoms with Crippen molar-refractivity contribution in [3.05, 3.63) is 53.1 Å². The number of methoxy groups -OCH3 is 1. The molecule has 2 aromatic rings. The number of hydrogen-bond acceptors (Lipinski definition) is 5. The zero-order valence-electron chi connectivity index (χ0n) is 18.9. The van der Waals surface area contributed by atoms with Gasteiger partial charge in [-0.3, -0.25) is 9.59 Å². The first-order valence-corrected chi connectivity index (χ1v) is 11.2. The van der Waals surface area contributed by atoms with E-state index in [0.717, 1.165) is 5.56 Å². The molecule has 0 bridgehead atoms. The number of thioether (sulfide) groups is 1. The van der Waals surface area contributed by atoms with Crippen molar-refractivity contribution in [1.82, 2.24) is 5.32 Å². The van der Waals surface area contributed by atoms with Crippen molar-refractivity contribution in [2.75, 3.05) is 7.11 Å². The molecule has 0 aromatic heterocycles. The molecule has 7 heteroatoms. The van der Waals surface area contributed by atoms with E-state index in [2.05, 4.69) is 19.2 Å². The van der Waals surface area contributed by atoms with Gasteiger partial charge in [-0.05, 0) is 61.9 Å². The number of nitrogens with one attached hydrogen (secondary N) is 1. The largest absolute Gasteiger partial charge is 0.493 e. The van der Waals surface area contributed by atoms with Crippen molar-refractivity contribution in [3.63, 3.8) is 0 Å². The van der Waals surface area contributed by atoms with Crippen LogP contribution in [-0.2, 0) is 17.0 Å². The summed E-state index contributed by atoms with van der Waals surface area (Å²) in [5.41, 5.74) is 1.72. The van der Waals surface area contributed by atoms with Crippen LogP contribution in [0.4, 0.5) is 0 Å². The fourth-order valence-corrected chi connectivity index (χ4v) is 3.54. The monoisotopic (exact) mass is 445 g/mol. The minimum atomic E-state index is -0.917. The van der Waals surface area contributed by atoms with E-state index in [1.165, 1.54) is 7.11 Å². The molecule has 0 aliphatic rings. The van der Waals surface area contributed by atoms with Gasteiger partial charge >= 0.3 is 5.97 Å². The topological polar surface area (TPSA) is 84.9 Å². The molecule has 168 valence electrons. The van der Waals surface area contributed by atoms with Crippen LogP contribution < -0.4 is 14.8 Å². The van der Waals surface area contributed by atoms with Gasteiger partial charge in [-0.25, -0.2) is 0 Å². The number of amides is 1. The van der Waals surface area contributed by atoms with E-state index >= 15 is 0 Å². The van der Waals surface area contributed by atoms with Gasteiger partial charge in [0.1, 0.15) is 5.75 Å². The molecular weight excluding hydrogens is 414 g/mol. The summed E-state index contributed by atoms with van der Waals surface area (Å²) in [5, 5.41) is 12.5. The Bertz CT molecular complexity index is 934. The molecule has 0 spiro atoms. The Labute approximate surface area is 188 Å². The number of carbonyl (C=O) groups excluding carboxylic acids is 1. The molecule has 0 saturated carbocycles. The van der Waals surface area contributed by atoms with Crippen molar-refractivity contribution in [2.24, 2.45) is 0 Å². The van der Waals surface area contributed by atoms with Gasteiger partial charge in [0.05, 0.1) is 13.5 Å². The molecule has 0 aliphatic carbocycles. The van der Waals surface area contributed by atoms with Crippen molar-refractivity contribution in [3.8, 4) is 17.2 Å². The van der Waals surface area contributed by atoms with Crippen LogP contribution in [0, 0.1) is 0 Å². The van der Waals surface area contributed by atoms with Gasteiger partial charge in [-0.15, -0.1) is 0 Å². The smallest absolute Gasteiger partial charge is 0.307 e. The second kappa shape index (κ2) is 10.6. The molecule has 1 amide bonds. The molecule has 6 nitrogen and oxygen atoms in total. The fourth-order valence-electron chi connectivity index (χ4n) is 2.81. The van der Waals surface area contributed by atoms with Crippen LogP contribution in [-0.4, -0.2) is 34.9 Å². The first-order chi connectivity index (χ1) is 14.5. The Morgan fingerprint density at radius 3 is 2.32 bits per heavy atom. The van der Waals surface area contributed by atoms with E-state index in [1.807, 2.05) is 26.8 Å². The molecular formula is C24H31NO5S. The van der Waals surface area contributed by atoms with Gasteiger partial charge in [-0.1, -0.05) is 19.9 Å². The Kier molecular flexibility index (Phi) is 8.39. The second-order valence-electron chi connectivity index (χ2n) is 8.54. The summed E-state index contributed by atoms with van der Waals surface area (Å²) in [6.07, 6.45) is -0.109. The lowest BCUT2D eigenvalue weighted by atomic mass is 10.1. The number of hydrogen-bond donors (Lipinski definition) is 2. The molecule has 2 N–H and O–H groups in total. The van der Waals surface area contributed by atoms with Gasteiger partial charge < -0.3 is 19.9 Å². The molecule has 0 aliphatic heterocycles. The highest BCUT2D eigenvalue weighted by molar-refractivity contribution is 7.99. The molecule has 0 heterocycles. The highest BCUT2D eigenvalue weighted by Gasteiger charge is 2.18. The predicted octanol–water partition coefficient (Wildman–Crippen LogP) is 5.28. The third-order valence-corrected chi connectivity index (χ3v) is 5.33. The zero-order valence-corrected chi connectivity index (χ0v) is 19.8. The minimum Gasteiger partial charge on any atom is -0.493 e. The van der Waals surface area contributed by atoms with E-state index in [0.29, 0.717) is 39.4 Å². The van der Waals surface area contributed by atoms with Crippen LogP contribution in [0.5, 0.6) is 17.2 Å². The van der Waals surface area contributed by atoms with Gasteiger partial charge in [-0.2, -0.15) is 11.8 Å². The second-order valence-corrected chi connectivity index (χ2v) is 10.1. The quantitative estimate of drug-likeness (QED) is 0.546. The first kappa shape index (κ1) is 24.6. The Morgan fingerprint density at radius 1 is 1.06 bits per heavy atom. The van der Waals surface area contributed by atoms with Gasteiger partial charge in [0.2, 0.25) is 0 Å². The van der Waals surface area contributed by atoms with E-state index in [9.17, 15) is 9.59 Å². The molecule has 0 saturated heterocycles. The fraction of sp³-hybridized carbons (Fsp3) is 0.417. The molecule has 0 fully saturated rings. The summed E-state index contributed by atoms with van der Waals surface area (Å²) < 4.78 is 11.5. The van der Waals surface area contributed by atoms with Crippen molar-refractivity contribution in [1.29, 1.82) is 0 Å². The van der Waals surface area contributed by atoms with Crippen molar-refractivity contribution in [2.45, 2.75) is 57.6 Å². The Hall–Kier alpha value is -2.67. The Morgan fingerprint density at radius 2 is 1.74 bits per heavy atom. The number of carbonyl (C=O) groups is 2. The van der Waals surface area contributed by atoms with Crippen LogP contribution in [0.1, 0.15) is 56.1 Å². The van der Waals surface area contributed by atoms with Crippen LogP contribution >= 0.6 is 11.8 Å². The van der Waals surface area contributed by atoms with E-state index in [-0.39, 0.29) is 17.9 Å². The van der Waals surface area contributed by atoms with Gasteiger partial charge in [0.25, 0.3) is 5.91 Å². The summed E-state index contributed by atoms with van der Waals surface area (Å²) in [6.45, 7) is 10.0. The van der Waals surface area contributed by atoms with Crippen LogP contribution in [0.25, 0.3) is 0 Å². The highest BCUT2D eigenvalue weighted by atomic mass is 32.2. The molecule has 2 aromatic carbocycles. The van der Waals surface area contributed by atoms with Crippen LogP contribution in [0.15, 0.2) is 36.4 Å². The first-order valence-electron chi connectivity index (χ1n) is 10.1.